The number of hydrogen-bond acceptors (Lipinski definition) is 5. The van der Waals surface area contributed by atoms with Crippen LogP contribution in [-0.2, 0) is 18.4 Å². The van der Waals surface area contributed by atoms with Crippen LogP contribution in [0.15, 0.2) is 54.7 Å². The van der Waals surface area contributed by atoms with E-state index in [0.29, 0.717) is 0 Å². The first-order valence-electron chi connectivity index (χ1n) is 11.5. The third-order valence-corrected chi connectivity index (χ3v) is 7.04. The van der Waals surface area contributed by atoms with Crippen LogP contribution in [0.25, 0.3) is 0 Å². The van der Waals surface area contributed by atoms with Crippen molar-refractivity contribution in [2.45, 2.75) is 51.6 Å². The van der Waals surface area contributed by atoms with Gasteiger partial charge in [0, 0.05) is 61.0 Å². The molecule has 1 fully saturated rings. The number of anilines is 2. The van der Waals surface area contributed by atoms with Crippen molar-refractivity contribution in [2.24, 2.45) is 5.73 Å². The number of hydrogen-bond donors (Lipinski definition) is 1. The van der Waals surface area contributed by atoms with E-state index in [2.05, 4.69) is 91.0 Å². The van der Waals surface area contributed by atoms with Crippen LogP contribution in [0.4, 0.5) is 11.6 Å². The van der Waals surface area contributed by atoms with Crippen LogP contribution in [0.5, 0.6) is 0 Å². The Morgan fingerprint density at radius 1 is 0.938 bits per heavy atom. The molecule has 2 aliphatic rings. The van der Waals surface area contributed by atoms with Gasteiger partial charge in [-0.15, -0.1) is 0 Å². The van der Waals surface area contributed by atoms with E-state index in [9.17, 15) is 0 Å². The zero-order valence-corrected chi connectivity index (χ0v) is 19.6. The molecule has 3 aromatic rings. The number of aryl methyl sites for hydroxylation is 1. The highest BCUT2D eigenvalue weighted by molar-refractivity contribution is 5.52. The lowest BCUT2D eigenvalue weighted by atomic mass is 9.78. The second-order valence-electron chi connectivity index (χ2n) is 10.4. The van der Waals surface area contributed by atoms with Crippen molar-refractivity contribution in [2.75, 3.05) is 29.4 Å². The summed E-state index contributed by atoms with van der Waals surface area (Å²) in [6, 6.07) is 17.9. The minimum Gasteiger partial charge on any atom is -0.367 e. The topological polar surface area (TPSA) is 58.3 Å². The summed E-state index contributed by atoms with van der Waals surface area (Å²) in [5.74, 6) is 0.822. The molecule has 0 atom stereocenters. The van der Waals surface area contributed by atoms with Crippen LogP contribution < -0.4 is 15.5 Å². The summed E-state index contributed by atoms with van der Waals surface area (Å²) in [5.41, 5.74) is 13.6. The molecule has 0 radical (unpaired) electrons. The lowest BCUT2D eigenvalue weighted by Crippen LogP contribution is -2.66. The van der Waals surface area contributed by atoms with Gasteiger partial charge in [0.15, 0.2) is 0 Å². The van der Waals surface area contributed by atoms with Gasteiger partial charge < -0.3 is 15.5 Å². The second kappa shape index (κ2) is 7.59. The molecule has 166 valence electrons. The van der Waals surface area contributed by atoms with Gasteiger partial charge in [-0.25, -0.2) is 9.97 Å². The van der Waals surface area contributed by atoms with Crippen molar-refractivity contribution in [3.63, 3.8) is 0 Å². The molecule has 0 aliphatic carbocycles. The summed E-state index contributed by atoms with van der Waals surface area (Å²) in [6.45, 7) is 12.3. The largest absolute Gasteiger partial charge is 0.367 e. The molecule has 2 aromatic carbocycles. The fraction of sp³-hybridized carbons (Fsp3) is 0.407. The Hall–Kier alpha value is -2.92. The molecule has 2 N–H and O–H groups in total. The SMILES string of the molecule is Cc1ccc(C(C)(C)c2ccc(N3CCc4nc(N5CC(C)(N)C5)ncc4C3)cc2)cc1. The van der Waals surface area contributed by atoms with Gasteiger partial charge in [-0.3, -0.25) is 0 Å². The van der Waals surface area contributed by atoms with Crippen molar-refractivity contribution < 1.29 is 0 Å². The van der Waals surface area contributed by atoms with E-state index in [0.717, 1.165) is 38.5 Å². The zero-order chi connectivity index (χ0) is 22.5. The molecule has 0 spiro atoms. The Morgan fingerprint density at radius 2 is 1.56 bits per heavy atom. The van der Waals surface area contributed by atoms with Crippen molar-refractivity contribution in [1.29, 1.82) is 0 Å². The molecule has 5 rings (SSSR count). The standard InChI is InChI=1S/C27H33N5/c1-19-5-7-21(8-6-19)26(2,3)22-9-11-23(12-10-22)31-14-13-24-20(16-31)15-29-25(30-24)32-17-27(4,28)18-32/h5-12,15H,13-14,16-18,28H2,1-4H3. The predicted molar refractivity (Wildman–Crippen MR) is 131 cm³/mol. The molecule has 5 nitrogen and oxygen atoms in total. The average molecular weight is 428 g/mol. The Kier molecular flexibility index (Phi) is 4.97. The fourth-order valence-corrected chi connectivity index (χ4v) is 4.87. The van der Waals surface area contributed by atoms with Gasteiger partial charge in [0.25, 0.3) is 0 Å². The summed E-state index contributed by atoms with van der Waals surface area (Å²) in [5, 5.41) is 0. The van der Waals surface area contributed by atoms with Crippen LogP contribution in [-0.4, -0.2) is 35.1 Å². The molecule has 5 heteroatoms. The van der Waals surface area contributed by atoms with Crippen molar-refractivity contribution >= 4 is 11.6 Å². The fourth-order valence-electron chi connectivity index (χ4n) is 4.87. The molecule has 0 unspecified atom stereocenters. The highest BCUT2D eigenvalue weighted by atomic mass is 15.3. The molecular formula is C27H33N5. The summed E-state index contributed by atoms with van der Waals surface area (Å²) in [4.78, 5) is 14.1. The third-order valence-electron chi connectivity index (χ3n) is 7.04. The Bertz CT molecular complexity index is 1110. The average Bonchev–Trinajstić information content (AvgIpc) is 2.77. The van der Waals surface area contributed by atoms with Crippen LogP contribution in [0.1, 0.15) is 48.7 Å². The molecule has 0 amide bonds. The summed E-state index contributed by atoms with van der Waals surface area (Å²) in [7, 11) is 0. The lowest BCUT2D eigenvalue weighted by molar-refractivity contribution is 0.359. The van der Waals surface area contributed by atoms with E-state index >= 15 is 0 Å². The molecule has 3 heterocycles. The van der Waals surface area contributed by atoms with E-state index in [4.69, 9.17) is 10.7 Å². The van der Waals surface area contributed by atoms with Gasteiger partial charge in [0.05, 0.1) is 5.69 Å². The summed E-state index contributed by atoms with van der Waals surface area (Å²) >= 11 is 0. The number of rotatable bonds is 4. The van der Waals surface area contributed by atoms with E-state index in [1.165, 1.54) is 33.6 Å². The molecular weight excluding hydrogens is 394 g/mol. The van der Waals surface area contributed by atoms with Crippen molar-refractivity contribution in [1.82, 2.24) is 9.97 Å². The smallest absolute Gasteiger partial charge is 0.225 e. The minimum absolute atomic E-state index is 0.0264. The van der Waals surface area contributed by atoms with Gasteiger partial charge in [-0.05, 0) is 37.1 Å². The highest BCUT2D eigenvalue weighted by Gasteiger charge is 2.36. The quantitative estimate of drug-likeness (QED) is 0.676. The molecule has 2 aliphatic heterocycles. The molecule has 0 bridgehead atoms. The Labute approximate surface area is 191 Å². The van der Waals surface area contributed by atoms with Crippen molar-refractivity contribution in [3.05, 3.63) is 82.7 Å². The van der Waals surface area contributed by atoms with E-state index in [-0.39, 0.29) is 11.0 Å². The van der Waals surface area contributed by atoms with Gasteiger partial charge in [-0.1, -0.05) is 55.8 Å². The third kappa shape index (κ3) is 3.86. The number of nitrogens with zero attached hydrogens (tertiary/aromatic N) is 4. The number of nitrogens with two attached hydrogens (primary N) is 1. The van der Waals surface area contributed by atoms with Crippen LogP contribution in [0, 0.1) is 6.92 Å². The Morgan fingerprint density at radius 3 is 2.19 bits per heavy atom. The van der Waals surface area contributed by atoms with Crippen LogP contribution in [0.3, 0.4) is 0 Å². The number of fused-ring (bicyclic) bond motifs is 1. The second-order valence-corrected chi connectivity index (χ2v) is 10.4. The van der Waals surface area contributed by atoms with Crippen LogP contribution in [0.2, 0.25) is 0 Å². The summed E-state index contributed by atoms with van der Waals surface area (Å²) < 4.78 is 0. The Balaban J connectivity index is 1.30. The maximum Gasteiger partial charge on any atom is 0.225 e. The van der Waals surface area contributed by atoms with Crippen molar-refractivity contribution in [3.8, 4) is 0 Å². The van der Waals surface area contributed by atoms with E-state index in [1.54, 1.807) is 0 Å². The molecule has 1 aromatic heterocycles. The van der Waals surface area contributed by atoms with E-state index < -0.39 is 0 Å². The van der Waals surface area contributed by atoms with Gasteiger partial charge in [0.1, 0.15) is 0 Å². The lowest BCUT2D eigenvalue weighted by Gasteiger charge is -2.45. The monoisotopic (exact) mass is 427 g/mol. The number of aromatic nitrogens is 2. The van der Waals surface area contributed by atoms with Gasteiger partial charge >= 0.3 is 0 Å². The highest BCUT2D eigenvalue weighted by Crippen LogP contribution is 2.33. The van der Waals surface area contributed by atoms with Gasteiger partial charge in [-0.2, -0.15) is 0 Å². The first kappa shape index (κ1) is 21.0. The number of benzene rings is 2. The molecule has 32 heavy (non-hydrogen) atoms. The van der Waals surface area contributed by atoms with Crippen LogP contribution >= 0.6 is 0 Å². The van der Waals surface area contributed by atoms with Gasteiger partial charge in [0.2, 0.25) is 5.95 Å². The maximum atomic E-state index is 6.14. The molecule has 0 saturated carbocycles. The summed E-state index contributed by atoms with van der Waals surface area (Å²) in [6.07, 6.45) is 2.94. The normalized spacial score (nSPS) is 17.7. The van der Waals surface area contributed by atoms with E-state index in [1.807, 2.05) is 6.20 Å². The zero-order valence-electron chi connectivity index (χ0n) is 19.6. The minimum atomic E-state index is -0.115. The first-order valence-corrected chi connectivity index (χ1v) is 11.5. The predicted octanol–water partition coefficient (Wildman–Crippen LogP) is 4.21. The first-order chi connectivity index (χ1) is 15.2. The molecule has 1 saturated heterocycles. The maximum absolute atomic E-state index is 6.14.